The molecule has 2 aromatic carbocycles. The Morgan fingerprint density at radius 2 is 2.05 bits per heavy atom. The van der Waals surface area contributed by atoms with Crippen molar-refractivity contribution in [3.05, 3.63) is 58.6 Å². The van der Waals surface area contributed by atoms with E-state index in [0.717, 1.165) is 23.3 Å². The summed E-state index contributed by atoms with van der Waals surface area (Å²) in [6, 6.07) is 11.9. The van der Waals surface area contributed by atoms with Gasteiger partial charge in [0.25, 0.3) is 0 Å². The molecule has 1 aliphatic heterocycles. The van der Waals surface area contributed by atoms with Crippen LogP contribution < -0.4 is 9.46 Å². The maximum Gasteiger partial charge on any atom is 0.240 e. The fourth-order valence-corrected chi connectivity index (χ4v) is 3.56. The van der Waals surface area contributed by atoms with Crippen LogP contribution in [0.15, 0.2) is 47.4 Å². The monoisotopic (exact) mass is 323 g/mol. The van der Waals surface area contributed by atoms with Gasteiger partial charge in [0.15, 0.2) is 0 Å². The Balaban J connectivity index is 1.75. The molecule has 0 spiro atoms. The van der Waals surface area contributed by atoms with Crippen LogP contribution in [0.5, 0.6) is 5.75 Å². The van der Waals surface area contributed by atoms with Gasteiger partial charge in [0, 0.05) is 18.0 Å². The Labute approximate surface area is 128 Å². The van der Waals surface area contributed by atoms with E-state index in [0.29, 0.717) is 11.6 Å². The molecule has 4 nitrogen and oxygen atoms in total. The summed E-state index contributed by atoms with van der Waals surface area (Å²) in [5, 5.41) is 0.396. The topological polar surface area (TPSA) is 55.4 Å². The molecule has 0 aliphatic carbocycles. The highest BCUT2D eigenvalue weighted by Gasteiger charge is 2.16. The lowest BCUT2D eigenvalue weighted by Crippen LogP contribution is -2.23. The predicted octanol–water partition coefficient (Wildman–Crippen LogP) is 2.75. The zero-order valence-corrected chi connectivity index (χ0v) is 12.7. The molecular formula is C15H14ClNO3S. The summed E-state index contributed by atoms with van der Waals surface area (Å²) in [5.41, 5.74) is 2.03. The maximum absolute atomic E-state index is 12.2. The number of benzene rings is 2. The minimum Gasteiger partial charge on any atom is -0.493 e. The molecule has 0 saturated carbocycles. The summed E-state index contributed by atoms with van der Waals surface area (Å²) in [5.74, 6) is 0.886. The Morgan fingerprint density at radius 3 is 2.86 bits per heavy atom. The summed E-state index contributed by atoms with van der Waals surface area (Å²) in [6.07, 6.45) is 0.865. The van der Waals surface area contributed by atoms with Crippen molar-refractivity contribution in [3.8, 4) is 5.75 Å². The van der Waals surface area contributed by atoms with Crippen LogP contribution in [0, 0.1) is 0 Å². The van der Waals surface area contributed by atoms with Crippen LogP contribution in [-0.4, -0.2) is 15.0 Å². The van der Waals surface area contributed by atoms with Gasteiger partial charge in [0.2, 0.25) is 10.0 Å². The molecule has 21 heavy (non-hydrogen) atoms. The molecule has 1 heterocycles. The van der Waals surface area contributed by atoms with Gasteiger partial charge in [-0.1, -0.05) is 29.8 Å². The van der Waals surface area contributed by atoms with Gasteiger partial charge in [-0.3, -0.25) is 0 Å². The number of ether oxygens (including phenoxy) is 1. The van der Waals surface area contributed by atoms with Crippen LogP contribution in [0.2, 0.25) is 5.02 Å². The quantitative estimate of drug-likeness (QED) is 0.941. The summed E-state index contributed by atoms with van der Waals surface area (Å²) in [4.78, 5) is 0.166. The van der Waals surface area contributed by atoms with Gasteiger partial charge in [-0.2, -0.15) is 0 Å². The summed E-state index contributed by atoms with van der Waals surface area (Å²) in [7, 11) is -3.56. The normalized spacial score (nSPS) is 13.8. The standard InChI is InChI=1S/C15H14ClNO3S/c16-13-2-1-3-14(9-13)21(18,19)17-10-11-4-5-15-12(8-11)6-7-20-15/h1-5,8-9,17H,6-7,10H2. The van der Waals surface area contributed by atoms with Gasteiger partial charge in [0.05, 0.1) is 11.5 Å². The molecule has 0 radical (unpaired) electrons. The van der Waals surface area contributed by atoms with Gasteiger partial charge in [0.1, 0.15) is 5.75 Å². The first kappa shape index (κ1) is 14.4. The van der Waals surface area contributed by atoms with Crippen molar-refractivity contribution < 1.29 is 13.2 Å². The van der Waals surface area contributed by atoms with E-state index in [1.54, 1.807) is 12.1 Å². The first-order valence-electron chi connectivity index (χ1n) is 6.54. The van der Waals surface area contributed by atoms with E-state index >= 15 is 0 Å². The average Bonchev–Trinajstić information content (AvgIpc) is 2.93. The molecule has 0 amide bonds. The molecule has 0 atom stereocenters. The van der Waals surface area contributed by atoms with Crippen molar-refractivity contribution in [2.45, 2.75) is 17.9 Å². The third kappa shape index (κ3) is 3.20. The highest BCUT2D eigenvalue weighted by molar-refractivity contribution is 7.89. The third-order valence-electron chi connectivity index (χ3n) is 3.33. The fraction of sp³-hybridized carbons (Fsp3) is 0.200. The molecule has 1 aliphatic rings. The number of rotatable bonds is 4. The van der Waals surface area contributed by atoms with Crippen LogP contribution in [-0.2, 0) is 23.0 Å². The fourth-order valence-electron chi connectivity index (χ4n) is 2.25. The smallest absolute Gasteiger partial charge is 0.240 e. The number of halogens is 1. The Bertz CT molecular complexity index is 774. The van der Waals surface area contributed by atoms with Gasteiger partial charge in [-0.05, 0) is 35.4 Å². The minimum atomic E-state index is -3.56. The summed E-state index contributed by atoms with van der Waals surface area (Å²) >= 11 is 5.83. The van der Waals surface area contributed by atoms with Crippen molar-refractivity contribution in [1.82, 2.24) is 4.72 Å². The molecule has 1 N–H and O–H groups in total. The molecule has 110 valence electrons. The molecule has 0 aromatic heterocycles. The lowest BCUT2D eigenvalue weighted by atomic mass is 10.1. The highest BCUT2D eigenvalue weighted by Crippen LogP contribution is 2.26. The van der Waals surface area contributed by atoms with Crippen LogP contribution in [0.1, 0.15) is 11.1 Å². The number of nitrogens with one attached hydrogen (secondary N) is 1. The summed E-state index contributed by atoms with van der Waals surface area (Å²) in [6.45, 7) is 0.926. The van der Waals surface area contributed by atoms with Crippen LogP contribution in [0.25, 0.3) is 0 Å². The Morgan fingerprint density at radius 1 is 1.19 bits per heavy atom. The van der Waals surface area contributed by atoms with Crippen molar-refractivity contribution in [1.29, 1.82) is 0 Å². The molecule has 0 fully saturated rings. The number of sulfonamides is 1. The molecule has 2 aromatic rings. The van der Waals surface area contributed by atoms with Gasteiger partial charge < -0.3 is 4.74 Å². The van der Waals surface area contributed by atoms with Crippen molar-refractivity contribution in [3.63, 3.8) is 0 Å². The second-order valence-electron chi connectivity index (χ2n) is 4.82. The van der Waals surface area contributed by atoms with Gasteiger partial charge >= 0.3 is 0 Å². The first-order valence-corrected chi connectivity index (χ1v) is 8.40. The lowest BCUT2D eigenvalue weighted by molar-refractivity contribution is 0.357. The number of hydrogen-bond donors (Lipinski definition) is 1. The lowest BCUT2D eigenvalue weighted by Gasteiger charge is -2.08. The van der Waals surface area contributed by atoms with Gasteiger partial charge in [-0.15, -0.1) is 0 Å². The largest absolute Gasteiger partial charge is 0.493 e. The third-order valence-corrected chi connectivity index (χ3v) is 4.96. The maximum atomic E-state index is 12.2. The van der Waals surface area contributed by atoms with Crippen molar-refractivity contribution in [2.24, 2.45) is 0 Å². The molecule has 3 rings (SSSR count). The second kappa shape index (κ2) is 5.67. The van der Waals surface area contributed by atoms with Crippen LogP contribution in [0.4, 0.5) is 0 Å². The van der Waals surface area contributed by atoms with E-state index in [1.165, 1.54) is 12.1 Å². The van der Waals surface area contributed by atoms with Gasteiger partial charge in [-0.25, -0.2) is 13.1 Å². The van der Waals surface area contributed by atoms with Crippen molar-refractivity contribution >= 4 is 21.6 Å². The second-order valence-corrected chi connectivity index (χ2v) is 7.03. The molecule has 0 bridgehead atoms. The Kier molecular flexibility index (Phi) is 3.89. The van der Waals surface area contributed by atoms with E-state index in [4.69, 9.17) is 16.3 Å². The molecule has 0 unspecified atom stereocenters. The van der Waals surface area contributed by atoms with Crippen LogP contribution >= 0.6 is 11.6 Å². The average molecular weight is 324 g/mol. The molecular weight excluding hydrogens is 310 g/mol. The van der Waals surface area contributed by atoms with E-state index in [9.17, 15) is 8.42 Å². The number of fused-ring (bicyclic) bond motifs is 1. The van der Waals surface area contributed by atoms with Crippen molar-refractivity contribution in [2.75, 3.05) is 6.61 Å². The van der Waals surface area contributed by atoms with Crippen LogP contribution in [0.3, 0.4) is 0 Å². The molecule has 0 saturated heterocycles. The SMILES string of the molecule is O=S(=O)(NCc1ccc2c(c1)CCO2)c1cccc(Cl)c1. The highest BCUT2D eigenvalue weighted by atomic mass is 35.5. The molecule has 6 heteroatoms. The van der Waals surface area contributed by atoms with E-state index < -0.39 is 10.0 Å². The predicted molar refractivity (Wildman–Crippen MR) is 81.1 cm³/mol. The zero-order chi connectivity index (χ0) is 14.9. The van der Waals surface area contributed by atoms with E-state index in [-0.39, 0.29) is 11.4 Å². The summed E-state index contributed by atoms with van der Waals surface area (Å²) < 4.78 is 32.4. The van der Waals surface area contributed by atoms with E-state index in [1.807, 2.05) is 18.2 Å². The zero-order valence-electron chi connectivity index (χ0n) is 11.2. The van der Waals surface area contributed by atoms with E-state index in [2.05, 4.69) is 4.72 Å². The Hall–Kier alpha value is -1.56. The minimum absolute atomic E-state index is 0.166. The number of hydrogen-bond acceptors (Lipinski definition) is 3. The first-order chi connectivity index (χ1) is 10.0.